The molecule has 1 aromatic heterocycles. The fourth-order valence-electron chi connectivity index (χ4n) is 2.41. The van der Waals surface area contributed by atoms with E-state index in [2.05, 4.69) is 5.32 Å². The van der Waals surface area contributed by atoms with Crippen molar-refractivity contribution in [3.63, 3.8) is 0 Å². The van der Waals surface area contributed by atoms with Crippen molar-refractivity contribution in [2.45, 2.75) is 6.42 Å². The normalized spacial score (nSPS) is 16.1. The fourth-order valence-corrected chi connectivity index (χ4v) is 2.41. The first-order chi connectivity index (χ1) is 9.75. The summed E-state index contributed by atoms with van der Waals surface area (Å²) in [5, 5.41) is 3.74. The molecule has 104 valence electrons. The Labute approximate surface area is 116 Å². The van der Waals surface area contributed by atoms with E-state index in [-0.39, 0.29) is 17.1 Å². The van der Waals surface area contributed by atoms with Gasteiger partial charge in [-0.05, 0) is 25.1 Å². The second-order valence-corrected chi connectivity index (χ2v) is 4.87. The van der Waals surface area contributed by atoms with Crippen LogP contribution in [0.15, 0.2) is 39.5 Å². The first-order valence-corrected chi connectivity index (χ1v) is 6.78. The van der Waals surface area contributed by atoms with E-state index < -0.39 is 0 Å². The SMILES string of the molecule is O=C(c1cc(=O)c2ccccc2o1)N1CCCNCC1. The first-order valence-electron chi connectivity index (χ1n) is 6.78. The van der Waals surface area contributed by atoms with Crippen LogP contribution in [0.5, 0.6) is 0 Å². The molecule has 0 aliphatic carbocycles. The van der Waals surface area contributed by atoms with Crippen LogP contribution in [0.3, 0.4) is 0 Å². The van der Waals surface area contributed by atoms with Gasteiger partial charge in [-0.3, -0.25) is 9.59 Å². The molecule has 1 aliphatic heterocycles. The molecule has 2 aromatic rings. The van der Waals surface area contributed by atoms with E-state index in [1.807, 2.05) is 0 Å². The predicted octanol–water partition coefficient (Wildman–Crippen LogP) is 1.23. The number of para-hydroxylation sites is 1. The molecule has 1 aliphatic rings. The predicted molar refractivity (Wildman–Crippen MR) is 75.9 cm³/mol. The first kappa shape index (κ1) is 12.9. The number of carbonyl (C=O) groups excluding carboxylic acids is 1. The number of hydrogen-bond acceptors (Lipinski definition) is 4. The monoisotopic (exact) mass is 272 g/mol. The molecule has 0 bridgehead atoms. The molecule has 0 saturated carbocycles. The van der Waals surface area contributed by atoms with E-state index >= 15 is 0 Å². The largest absolute Gasteiger partial charge is 0.451 e. The smallest absolute Gasteiger partial charge is 0.289 e. The number of nitrogens with zero attached hydrogens (tertiary/aromatic N) is 1. The van der Waals surface area contributed by atoms with Crippen LogP contribution in [-0.4, -0.2) is 37.0 Å². The molecule has 0 unspecified atom stereocenters. The van der Waals surface area contributed by atoms with E-state index in [9.17, 15) is 9.59 Å². The van der Waals surface area contributed by atoms with Gasteiger partial charge in [-0.25, -0.2) is 0 Å². The van der Waals surface area contributed by atoms with Crippen LogP contribution in [0.25, 0.3) is 11.0 Å². The van der Waals surface area contributed by atoms with Crippen molar-refractivity contribution in [2.24, 2.45) is 0 Å². The Balaban J connectivity index is 1.97. The van der Waals surface area contributed by atoms with Gasteiger partial charge in [0.05, 0.1) is 5.39 Å². The maximum absolute atomic E-state index is 12.4. The molecule has 1 fully saturated rings. The van der Waals surface area contributed by atoms with E-state index in [4.69, 9.17) is 4.42 Å². The molecule has 1 amide bonds. The molecule has 20 heavy (non-hydrogen) atoms. The summed E-state index contributed by atoms with van der Waals surface area (Å²) < 4.78 is 5.59. The number of benzene rings is 1. The lowest BCUT2D eigenvalue weighted by Crippen LogP contribution is -2.34. The Kier molecular flexibility index (Phi) is 3.52. The van der Waals surface area contributed by atoms with Crippen molar-refractivity contribution in [3.8, 4) is 0 Å². The maximum atomic E-state index is 12.4. The second kappa shape index (κ2) is 5.46. The second-order valence-electron chi connectivity index (χ2n) is 4.87. The van der Waals surface area contributed by atoms with Gasteiger partial charge in [0.25, 0.3) is 5.91 Å². The van der Waals surface area contributed by atoms with E-state index in [0.29, 0.717) is 24.1 Å². The van der Waals surface area contributed by atoms with Crippen molar-refractivity contribution in [1.82, 2.24) is 10.2 Å². The standard InChI is InChI=1S/C15H16N2O3/c18-12-10-14(20-13-5-2-1-4-11(12)13)15(19)17-8-3-6-16-7-9-17/h1-2,4-5,10,16H,3,6-9H2. The summed E-state index contributed by atoms with van der Waals surface area (Å²) >= 11 is 0. The molecule has 0 radical (unpaired) electrons. The summed E-state index contributed by atoms with van der Waals surface area (Å²) in [6, 6.07) is 8.27. The van der Waals surface area contributed by atoms with Crippen molar-refractivity contribution >= 4 is 16.9 Å². The number of nitrogens with one attached hydrogen (secondary N) is 1. The van der Waals surface area contributed by atoms with E-state index in [1.54, 1.807) is 29.2 Å². The fraction of sp³-hybridized carbons (Fsp3) is 0.333. The minimum Gasteiger partial charge on any atom is -0.451 e. The molecule has 5 heteroatoms. The Morgan fingerprint density at radius 3 is 2.95 bits per heavy atom. The van der Waals surface area contributed by atoms with Crippen molar-refractivity contribution in [3.05, 3.63) is 46.3 Å². The van der Waals surface area contributed by atoms with Gasteiger partial charge in [0, 0.05) is 25.7 Å². The van der Waals surface area contributed by atoms with Gasteiger partial charge in [0.2, 0.25) is 0 Å². The van der Waals surface area contributed by atoms with Crippen molar-refractivity contribution in [1.29, 1.82) is 0 Å². The van der Waals surface area contributed by atoms with E-state index in [1.165, 1.54) is 6.07 Å². The molecular weight excluding hydrogens is 256 g/mol. The number of rotatable bonds is 1. The lowest BCUT2D eigenvalue weighted by molar-refractivity contribution is 0.0735. The third-order valence-electron chi connectivity index (χ3n) is 3.47. The highest BCUT2D eigenvalue weighted by Crippen LogP contribution is 2.13. The zero-order chi connectivity index (χ0) is 13.9. The molecule has 0 atom stereocenters. The summed E-state index contributed by atoms with van der Waals surface area (Å²) in [4.78, 5) is 26.2. The third-order valence-corrected chi connectivity index (χ3v) is 3.47. The highest BCUT2D eigenvalue weighted by atomic mass is 16.3. The maximum Gasteiger partial charge on any atom is 0.289 e. The Bertz CT molecular complexity index is 685. The van der Waals surface area contributed by atoms with Crippen LogP contribution in [0.2, 0.25) is 0 Å². The van der Waals surface area contributed by atoms with Crippen molar-refractivity contribution in [2.75, 3.05) is 26.2 Å². The van der Waals surface area contributed by atoms with Crippen LogP contribution in [0, 0.1) is 0 Å². The molecule has 2 heterocycles. The van der Waals surface area contributed by atoms with Gasteiger partial charge in [-0.15, -0.1) is 0 Å². The van der Waals surface area contributed by atoms with Gasteiger partial charge in [-0.1, -0.05) is 12.1 Å². The topological polar surface area (TPSA) is 62.6 Å². The Hall–Kier alpha value is -2.14. The quantitative estimate of drug-likeness (QED) is 0.848. The number of carbonyl (C=O) groups is 1. The van der Waals surface area contributed by atoms with Gasteiger partial charge in [0.15, 0.2) is 11.2 Å². The van der Waals surface area contributed by atoms with Crippen LogP contribution >= 0.6 is 0 Å². The van der Waals surface area contributed by atoms with Crippen LogP contribution < -0.4 is 10.7 Å². The van der Waals surface area contributed by atoms with Gasteiger partial charge in [0.1, 0.15) is 5.58 Å². The molecule has 1 N–H and O–H groups in total. The number of hydrogen-bond donors (Lipinski definition) is 1. The molecular formula is C15H16N2O3. The van der Waals surface area contributed by atoms with Gasteiger partial charge in [-0.2, -0.15) is 0 Å². The highest BCUT2D eigenvalue weighted by Gasteiger charge is 2.20. The molecule has 1 saturated heterocycles. The number of fused-ring (bicyclic) bond motifs is 1. The summed E-state index contributed by atoms with van der Waals surface area (Å²) in [5.74, 6) is -0.0906. The Morgan fingerprint density at radius 2 is 2.05 bits per heavy atom. The minimum atomic E-state index is -0.212. The number of amides is 1. The summed E-state index contributed by atoms with van der Waals surface area (Å²) in [6.07, 6.45) is 0.906. The zero-order valence-corrected chi connectivity index (χ0v) is 11.1. The lowest BCUT2D eigenvalue weighted by atomic mass is 10.2. The van der Waals surface area contributed by atoms with Crippen LogP contribution in [0.4, 0.5) is 0 Å². The summed E-state index contributed by atoms with van der Waals surface area (Å²) in [6.45, 7) is 2.99. The summed E-state index contributed by atoms with van der Waals surface area (Å²) in [7, 11) is 0. The lowest BCUT2D eigenvalue weighted by Gasteiger charge is -2.19. The molecule has 3 rings (SSSR count). The molecule has 0 spiro atoms. The Morgan fingerprint density at radius 1 is 1.20 bits per heavy atom. The zero-order valence-electron chi connectivity index (χ0n) is 11.1. The van der Waals surface area contributed by atoms with Gasteiger partial charge < -0.3 is 14.6 Å². The van der Waals surface area contributed by atoms with E-state index in [0.717, 1.165) is 19.5 Å². The minimum absolute atomic E-state index is 0.121. The molecule has 5 nitrogen and oxygen atoms in total. The molecule has 1 aromatic carbocycles. The van der Waals surface area contributed by atoms with Crippen LogP contribution in [-0.2, 0) is 0 Å². The van der Waals surface area contributed by atoms with Crippen molar-refractivity contribution < 1.29 is 9.21 Å². The highest BCUT2D eigenvalue weighted by molar-refractivity contribution is 5.93. The summed E-state index contributed by atoms with van der Waals surface area (Å²) in [5.41, 5.74) is 0.277. The van der Waals surface area contributed by atoms with Crippen LogP contribution in [0.1, 0.15) is 17.0 Å². The average Bonchev–Trinajstić information content (AvgIpc) is 2.75. The average molecular weight is 272 g/mol. The third kappa shape index (κ3) is 2.44. The van der Waals surface area contributed by atoms with Gasteiger partial charge >= 0.3 is 0 Å².